The predicted octanol–water partition coefficient (Wildman–Crippen LogP) is 1.60. The van der Waals surface area contributed by atoms with Crippen LogP contribution in [-0.2, 0) is 11.3 Å². The molecular weight excluding hydrogens is 256 g/mol. The van der Waals surface area contributed by atoms with Crippen LogP contribution in [0.15, 0.2) is 28.7 Å². The number of hydrogen-bond acceptors (Lipinski definition) is 5. The third kappa shape index (κ3) is 2.80. The number of ether oxygens (including phenoxy) is 2. The van der Waals surface area contributed by atoms with E-state index in [-0.39, 0.29) is 0 Å². The van der Waals surface area contributed by atoms with Crippen LogP contribution in [0.3, 0.4) is 0 Å². The van der Waals surface area contributed by atoms with Crippen molar-refractivity contribution in [2.75, 3.05) is 39.5 Å². The summed E-state index contributed by atoms with van der Waals surface area (Å²) in [6, 6.07) is 7.86. The molecule has 1 aromatic carbocycles. The zero-order valence-corrected chi connectivity index (χ0v) is 11.5. The highest BCUT2D eigenvalue weighted by Gasteiger charge is 2.15. The lowest BCUT2D eigenvalue weighted by atomic mass is 10.2. The molecule has 1 aromatic heterocycles. The molecule has 2 heterocycles. The second-order valence-corrected chi connectivity index (χ2v) is 4.86. The van der Waals surface area contributed by atoms with Gasteiger partial charge in [0.2, 0.25) is 0 Å². The van der Waals surface area contributed by atoms with Gasteiger partial charge in [-0.25, -0.2) is 0 Å². The third-order valence-corrected chi connectivity index (χ3v) is 3.56. The number of fused-ring (bicyclic) bond motifs is 1. The van der Waals surface area contributed by atoms with Gasteiger partial charge in [-0.1, -0.05) is 12.1 Å². The molecule has 108 valence electrons. The zero-order chi connectivity index (χ0) is 13.8. The van der Waals surface area contributed by atoms with Crippen LogP contribution in [0.25, 0.3) is 11.0 Å². The van der Waals surface area contributed by atoms with E-state index in [1.807, 2.05) is 24.3 Å². The van der Waals surface area contributed by atoms with E-state index in [1.54, 1.807) is 0 Å². The summed E-state index contributed by atoms with van der Waals surface area (Å²) in [5.74, 6) is 1.50. The average Bonchev–Trinajstić information content (AvgIpc) is 2.87. The highest BCUT2D eigenvalue weighted by molar-refractivity contribution is 5.85. The number of rotatable bonds is 5. The topological polar surface area (TPSA) is 60.9 Å². The molecule has 20 heavy (non-hydrogen) atoms. The van der Waals surface area contributed by atoms with E-state index in [9.17, 15) is 0 Å². The van der Waals surface area contributed by atoms with E-state index >= 15 is 0 Å². The SMILES string of the molecule is NCc1oc2ccccc2c1OCCN1CCOCC1. The Balaban J connectivity index is 1.66. The van der Waals surface area contributed by atoms with Crippen molar-refractivity contribution in [3.05, 3.63) is 30.0 Å². The predicted molar refractivity (Wildman–Crippen MR) is 76.9 cm³/mol. The molecule has 2 aromatic rings. The smallest absolute Gasteiger partial charge is 0.169 e. The van der Waals surface area contributed by atoms with Crippen molar-refractivity contribution >= 4 is 11.0 Å². The molecule has 0 spiro atoms. The Labute approximate surface area is 118 Å². The summed E-state index contributed by atoms with van der Waals surface area (Å²) in [5, 5.41) is 0.995. The minimum absolute atomic E-state index is 0.349. The largest absolute Gasteiger partial charge is 0.488 e. The minimum atomic E-state index is 0.349. The molecule has 1 fully saturated rings. The van der Waals surface area contributed by atoms with Gasteiger partial charge in [0.15, 0.2) is 11.5 Å². The van der Waals surface area contributed by atoms with Gasteiger partial charge in [-0.2, -0.15) is 0 Å². The lowest BCUT2D eigenvalue weighted by molar-refractivity contribution is 0.0322. The van der Waals surface area contributed by atoms with Crippen LogP contribution in [0.1, 0.15) is 5.76 Å². The molecular formula is C15H20N2O3. The zero-order valence-electron chi connectivity index (χ0n) is 11.5. The Hall–Kier alpha value is -1.56. The van der Waals surface area contributed by atoms with Crippen LogP contribution in [0.4, 0.5) is 0 Å². The van der Waals surface area contributed by atoms with Gasteiger partial charge in [0.05, 0.1) is 25.1 Å². The van der Waals surface area contributed by atoms with Crippen LogP contribution in [0.2, 0.25) is 0 Å². The monoisotopic (exact) mass is 276 g/mol. The molecule has 0 saturated carbocycles. The van der Waals surface area contributed by atoms with E-state index in [2.05, 4.69) is 4.90 Å². The van der Waals surface area contributed by atoms with Crippen molar-refractivity contribution in [1.82, 2.24) is 4.90 Å². The standard InChI is InChI=1S/C15H20N2O3/c16-11-14-15(12-3-1-2-4-13(12)20-14)19-10-7-17-5-8-18-9-6-17/h1-4H,5-11,16H2. The molecule has 0 atom stereocenters. The fourth-order valence-electron chi connectivity index (χ4n) is 2.47. The van der Waals surface area contributed by atoms with E-state index in [4.69, 9.17) is 19.6 Å². The average molecular weight is 276 g/mol. The first kappa shape index (κ1) is 13.4. The molecule has 2 N–H and O–H groups in total. The molecule has 0 radical (unpaired) electrons. The molecule has 0 bridgehead atoms. The van der Waals surface area contributed by atoms with Gasteiger partial charge in [0.1, 0.15) is 12.2 Å². The lowest BCUT2D eigenvalue weighted by Crippen LogP contribution is -2.38. The number of nitrogens with zero attached hydrogens (tertiary/aromatic N) is 1. The molecule has 0 aliphatic carbocycles. The highest BCUT2D eigenvalue weighted by Crippen LogP contribution is 2.32. The van der Waals surface area contributed by atoms with E-state index < -0.39 is 0 Å². The second kappa shape index (κ2) is 6.26. The molecule has 0 unspecified atom stereocenters. The van der Waals surface area contributed by atoms with Crippen molar-refractivity contribution in [2.45, 2.75) is 6.54 Å². The van der Waals surface area contributed by atoms with Crippen molar-refractivity contribution in [3.63, 3.8) is 0 Å². The normalized spacial score (nSPS) is 16.6. The minimum Gasteiger partial charge on any atom is -0.488 e. The van der Waals surface area contributed by atoms with Gasteiger partial charge in [-0.15, -0.1) is 0 Å². The van der Waals surface area contributed by atoms with Crippen molar-refractivity contribution in [3.8, 4) is 5.75 Å². The van der Waals surface area contributed by atoms with E-state index in [0.717, 1.165) is 49.6 Å². The number of para-hydroxylation sites is 1. The van der Waals surface area contributed by atoms with Crippen molar-refractivity contribution < 1.29 is 13.9 Å². The maximum absolute atomic E-state index is 5.93. The summed E-state index contributed by atoms with van der Waals surface area (Å²) in [5.41, 5.74) is 6.56. The Morgan fingerprint density at radius 1 is 1.20 bits per heavy atom. The molecule has 1 aliphatic rings. The number of nitrogens with two attached hydrogens (primary N) is 1. The van der Waals surface area contributed by atoms with Crippen molar-refractivity contribution in [1.29, 1.82) is 0 Å². The first-order valence-electron chi connectivity index (χ1n) is 7.02. The summed E-state index contributed by atoms with van der Waals surface area (Å²) in [6.07, 6.45) is 0. The fraction of sp³-hybridized carbons (Fsp3) is 0.467. The number of furan rings is 1. The first-order chi connectivity index (χ1) is 9.88. The van der Waals surface area contributed by atoms with E-state index in [0.29, 0.717) is 18.9 Å². The van der Waals surface area contributed by atoms with Gasteiger partial charge >= 0.3 is 0 Å². The number of hydrogen-bond donors (Lipinski definition) is 1. The Morgan fingerprint density at radius 3 is 2.80 bits per heavy atom. The summed E-state index contributed by atoms with van der Waals surface area (Å²) in [7, 11) is 0. The molecule has 0 amide bonds. The van der Waals surface area contributed by atoms with Crippen LogP contribution in [0.5, 0.6) is 5.75 Å². The lowest BCUT2D eigenvalue weighted by Gasteiger charge is -2.26. The summed E-state index contributed by atoms with van der Waals surface area (Å²) in [4.78, 5) is 2.34. The molecule has 5 nitrogen and oxygen atoms in total. The quantitative estimate of drug-likeness (QED) is 0.899. The fourth-order valence-corrected chi connectivity index (χ4v) is 2.47. The molecule has 1 aliphatic heterocycles. The number of morpholine rings is 1. The third-order valence-electron chi connectivity index (χ3n) is 3.56. The second-order valence-electron chi connectivity index (χ2n) is 4.86. The van der Waals surface area contributed by atoms with Crippen LogP contribution < -0.4 is 10.5 Å². The molecule has 1 saturated heterocycles. The Bertz CT molecular complexity index is 561. The number of benzene rings is 1. The maximum atomic E-state index is 5.93. The van der Waals surface area contributed by atoms with Gasteiger partial charge in [0.25, 0.3) is 0 Å². The summed E-state index contributed by atoms with van der Waals surface area (Å²) < 4.78 is 17.0. The first-order valence-corrected chi connectivity index (χ1v) is 7.02. The van der Waals surface area contributed by atoms with Crippen LogP contribution in [0, 0.1) is 0 Å². The van der Waals surface area contributed by atoms with Gasteiger partial charge in [0, 0.05) is 19.6 Å². The Morgan fingerprint density at radius 2 is 2.00 bits per heavy atom. The summed E-state index contributed by atoms with van der Waals surface area (Å²) >= 11 is 0. The van der Waals surface area contributed by atoms with E-state index in [1.165, 1.54) is 0 Å². The van der Waals surface area contributed by atoms with Crippen molar-refractivity contribution in [2.24, 2.45) is 5.73 Å². The van der Waals surface area contributed by atoms with Gasteiger partial charge in [-0.05, 0) is 12.1 Å². The summed E-state index contributed by atoms with van der Waals surface area (Å²) in [6.45, 7) is 5.44. The van der Waals surface area contributed by atoms with Gasteiger partial charge < -0.3 is 19.6 Å². The van der Waals surface area contributed by atoms with Crippen LogP contribution in [-0.4, -0.2) is 44.4 Å². The van der Waals surface area contributed by atoms with Gasteiger partial charge in [-0.3, -0.25) is 4.90 Å². The Kier molecular flexibility index (Phi) is 4.20. The molecule has 3 rings (SSSR count). The molecule has 5 heteroatoms. The highest BCUT2D eigenvalue weighted by atomic mass is 16.5. The maximum Gasteiger partial charge on any atom is 0.169 e. The van der Waals surface area contributed by atoms with Crippen LogP contribution >= 0.6 is 0 Å².